The topological polar surface area (TPSA) is 49.3 Å². The predicted molar refractivity (Wildman–Crippen MR) is 78.2 cm³/mol. The van der Waals surface area contributed by atoms with Gasteiger partial charge in [0.2, 0.25) is 0 Å². The first-order valence-corrected chi connectivity index (χ1v) is 7.71. The molecule has 22 heavy (non-hydrogen) atoms. The summed E-state index contributed by atoms with van der Waals surface area (Å²) in [5.74, 6) is 5.65. The van der Waals surface area contributed by atoms with Gasteiger partial charge in [-0.05, 0) is 36.4 Å². The van der Waals surface area contributed by atoms with Crippen LogP contribution in [0.2, 0.25) is 0 Å². The molecule has 2 N–H and O–H groups in total. The largest absolute Gasteiger partial charge is 0.416 e. The third-order valence-corrected chi connectivity index (χ3v) is 4.43. The van der Waals surface area contributed by atoms with Crippen LogP contribution < -0.4 is 5.32 Å². The van der Waals surface area contributed by atoms with E-state index in [1.807, 2.05) is 0 Å². The molecule has 0 aromatic heterocycles. The number of halogens is 3. The number of aliphatic hydroxyl groups is 1. The first-order valence-electron chi connectivity index (χ1n) is 6.56. The second-order valence-electron chi connectivity index (χ2n) is 5.03. The molecule has 1 fully saturated rings. The van der Waals surface area contributed by atoms with Crippen LogP contribution in [0, 0.1) is 11.8 Å². The van der Waals surface area contributed by atoms with Crippen LogP contribution in [-0.4, -0.2) is 34.7 Å². The SMILES string of the molecule is O=C(C#Cc1ccc(C(F)(F)F)cc1)NCC1(O)CCSC1. The Balaban J connectivity index is 1.91. The van der Waals surface area contributed by atoms with Gasteiger partial charge in [-0.3, -0.25) is 4.79 Å². The zero-order valence-corrected chi connectivity index (χ0v) is 12.4. The number of hydrogen-bond donors (Lipinski definition) is 2. The maximum atomic E-state index is 12.4. The Labute approximate surface area is 130 Å². The normalized spacial score (nSPS) is 21.1. The Morgan fingerprint density at radius 1 is 1.36 bits per heavy atom. The van der Waals surface area contributed by atoms with Gasteiger partial charge < -0.3 is 10.4 Å². The lowest BCUT2D eigenvalue weighted by Gasteiger charge is -2.20. The Morgan fingerprint density at radius 2 is 2.05 bits per heavy atom. The highest BCUT2D eigenvalue weighted by Gasteiger charge is 2.32. The second-order valence-corrected chi connectivity index (χ2v) is 6.14. The Hall–Kier alpha value is -1.65. The van der Waals surface area contributed by atoms with Crippen LogP contribution in [0.25, 0.3) is 0 Å². The fourth-order valence-corrected chi connectivity index (χ4v) is 3.19. The van der Waals surface area contributed by atoms with E-state index in [1.165, 1.54) is 12.1 Å². The number of carbonyl (C=O) groups excluding carboxylic acids is 1. The number of alkyl halides is 3. The highest BCUT2D eigenvalue weighted by molar-refractivity contribution is 7.99. The quantitative estimate of drug-likeness (QED) is 0.817. The number of rotatable bonds is 2. The van der Waals surface area contributed by atoms with Crippen LogP contribution in [-0.2, 0) is 11.0 Å². The number of nitrogens with one attached hydrogen (secondary N) is 1. The summed E-state index contributed by atoms with van der Waals surface area (Å²) in [5, 5.41) is 12.6. The van der Waals surface area contributed by atoms with E-state index in [0.29, 0.717) is 17.7 Å². The molecule has 0 radical (unpaired) electrons. The Morgan fingerprint density at radius 3 is 2.59 bits per heavy atom. The van der Waals surface area contributed by atoms with Gasteiger partial charge in [-0.2, -0.15) is 24.9 Å². The van der Waals surface area contributed by atoms with E-state index in [0.717, 1.165) is 17.9 Å². The fourth-order valence-electron chi connectivity index (χ4n) is 1.90. The molecule has 1 aromatic carbocycles. The lowest BCUT2D eigenvalue weighted by atomic mass is 10.0. The van der Waals surface area contributed by atoms with E-state index >= 15 is 0 Å². The molecular formula is C15H14F3NO2S. The number of amides is 1. The van der Waals surface area contributed by atoms with Crippen molar-refractivity contribution in [2.75, 3.05) is 18.1 Å². The average molecular weight is 329 g/mol. The highest BCUT2D eigenvalue weighted by atomic mass is 32.2. The molecule has 1 unspecified atom stereocenters. The molecule has 0 bridgehead atoms. The van der Waals surface area contributed by atoms with Crippen molar-refractivity contribution in [2.45, 2.75) is 18.2 Å². The number of hydrogen-bond acceptors (Lipinski definition) is 3. The molecule has 2 rings (SSSR count). The van der Waals surface area contributed by atoms with Crippen molar-refractivity contribution in [1.29, 1.82) is 0 Å². The summed E-state index contributed by atoms with van der Waals surface area (Å²) in [6.07, 6.45) is -3.78. The molecule has 0 saturated carbocycles. The maximum Gasteiger partial charge on any atom is 0.416 e. The van der Waals surface area contributed by atoms with E-state index in [-0.39, 0.29) is 6.54 Å². The summed E-state index contributed by atoms with van der Waals surface area (Å²) in [5.41, 5.74) is -1.34. The minimum atomic E-state index is -4.39. The summed E-state index contributed by atoms with van der Waals surface area (Å²) in [7, 11) is 0. The van der Waals surface area contributed by atoms with Gasteiger partial charge in [0, 0.05) is 23.8 Å². The minimum absolute atomic E-state index is 0.126. The van der Waals surface area contributed by atoms with Crippen LogP contribution in [0.5, 0.6) is 0 Å². The average Bonchev–Trinajstić information content (AvgIpc) is 2.90. The number of carbonyl (C=O) groups is 1. The fraction of sp³-hybridized carbons (Fsp3) is 0.400. The van der Waals surface area contributed by atoms with Crippen molar-refractivity contribution in [3.8, 4) is 11.8 Å². The standard InChI is InChI=1S/C15H14F3NO2S/c16-15(17,18)12-4-1-11(2-5-12)3-6-13(20)19-9-14(21)7-8-22-10-14/h1-2,4-5,21H,7-10H2,(H,19,20). The zero-order chi connectivity index (χ0) is 16.2. The molecule has 1 amide bonds. The highest BCUT2D eigenvalue weighted by Crippen LogP contribution is 2.29. The first kappa shape index (κ1) is 16.7. The molecule has 7 heteroatoms. The van der Waals surface area contributed by atoms with Crippen LogP contribution in [0.1, 0.15) is 17.5 Å². The summed E-state index contributed by atoms with van der Waals surface area (Å²) in [6, 6.07) is 4.26. The molecule has 1 saturated heterocycles. The molecule has 0 aliphatic carbocycles. The van der Waals surface area contributed by atoms with Crippen molar-refractivity contribution in [3.63, 3.8) is 0 Å². The minimum Gasteiger partial charge on any atom is -0.387 e. The van der Waals surface area contributed by atoms with E-state index in [1.54, 1.807) is 11.8 Å². The molecule has 1 heterocycles. The van der Waals surface area contributed by atoms with Crippen LogP contribution in [0.4, 0.5) is 13.2 Å². The first-order chi connectivity index (χ1) is 10.3. The maximum absolute atomic E-state index is 12.4. The van der Waals surface area contributed by atoms with Gasteiger partial charge in [-0.1, -0.05) is 5.92 Å². The van der Waals surface area contributed by atoms with Gasteiger partial charge in [-0.15, -0.1) is 0 Å². The number of thioether (sulfide) groups is 1. The van der Waals surface area contributed by atoms with Crippen LogP contribution in [0.3, 0.4) is 0 Å². The lowest BCUT2D eigenvalue weighted by Crippen LogP contribution is -2.42. The Bertz CT molecular complexity index is 596. The third-order valence-electron chi connectivity index (χ3n) is 3.19. The van der Waals surface area contributed by atoms with Gasteiger partial charge in [-0.25, -0.2) is 0 Å². The molecule has 1 aliphatic rings. The van der Waals surface area contributed by atoms with E-state index in [4.69, 9.17) is 0 Å². The molecule has 1 atom stereocenters. The van der Waals surface area contributed by atoms with E-state index < -0.39 is 23.2 Å². The zero-order valence-electron chi connectivity index (χ0n) is 11.5. The summed E-state index contributed by atoms with van der Waals surface area (Å²) in [6.45, 7) is 0.126. The van der Waals surface area contributed by atoms with Crippen molar-refractivity contribution < 1.29 is 23.1 Å². The Kier molecular flexibility index (Phi) is 5.04. The number of benzene rings is 1. The molecule has 118 valence electrons. The lowest BCUT2D eigenvalue weighted by molar-refractivity contribution is -0.137. The van der Waals surface area contributed by atoms with Crippen LogP contribution >= 0.6 is 11.8 Å². The second kappa shape index (κ2) is 6.63. The third kappa shape index (κ3) is 4.68. The van der Waals surface area contributed by atoms with Crippen molar-refractivity contribution in [3.05, 3.63) is 35.4 Å². The van der Waals surface area contributed by atoms with Gasteiger partial charge in [0.05, 0.1) is 11.2 Å². The van der Waals surface area contributed by atoms with Gasteiger partial charge in [0.15, 0.2) is 0 Å². The molecular weight excluding hydrogens is 315 g/mol. The van der Waals surface area contributed by atoms with E-state index in [9.17, 15) is 23.1 Å². The summed E-state index contributed by atoms with van der Waals surface area (Å²) in [4.78, 5) is 11.6. The van der Waals surface area contributed by atoms with Crippen LogP contribution in [0.15, 0.2) is 24.3 Å². The van der Waals surface area contributed by atoms with Crippen molar-refractivity contribution in [2.24, 2.45) is 0 Å². The van der Waals surface area contributed by atoms with Gasteiger partial charge in [0.1, 0.15) is 0 Å². The monoisotopic (exact) mass is 329 g/mol. The molecule has 1 aliphatic heterocycles. The van der Waals surface area contributed by atoms with Crippen molar-refractivity contribution in [1.82, 2.24) is 5.32 Å². The summed E-state index contributed by atoms with van der Waals surface area (Å²) >= 11 is 1.62. The molecule has 0 spiro atoms. The van der Waals surface area contributed by atoms with Crippen molar-refractivity contribution >= 4 is 17.7 Å². The predicted octanol–water partition coefficient (Wildman–Crippen LogP) is 2.04. The van der Waals surface area contributed by atoms with E-state index in [2.05, 4.69) is 17.2 Å². The smallest absolute Gasteiger partial charge is 0.387 e. The van der Waals surface area contributed by atoms with Gasteiger partial charge >= 0.3 is 6.18 Å². The summed E-state index contributed by atoms with van der Waals surface area (Å²) < 4.78 is 37.2. The molecule has 1 aromatic rings. The molecule has 3 nitrogen and oxygen atoms in total. The van der Waals surface area contributed by atoms with Gasteiger partial charge in [0.25, 0.3) is 5.91 Å².